The number of aliphatic hydroxyl groups excluding tert-OH is 1. The first-order valence-corrected chi connectivity index (χ1v) is 7.87. The predicted octanol–water partition coefficient (Wildman–Crippen LogP) is 1.45. The molecular formula is C18H21N3O2. The number of carbonyl (C=O) groups is 1. The van der Waals surface area contributed by atoms with Crippen LogP contribution in [0.25, 0.3) is 0 Å². The van der Waals surface area contributed by atoms with Gasteiger partial charge < -0.3 is 10.4 Å². The molecule has 2 aromatic rings. The highest BCUT2D eigenvalue weighted by molar-refractivity contribution is 5.92. The largest absolute Gasteiger partial charge is 0.392 e. The van der Waals surface area contributed by atoms with Crippen LogP contribution in [-0.2, 0) is 6.54 Å². The number of benzene rings is 1. The van der Waals surface area contributed by atoms with Crippen molar-refractivity contribution in [1.29, 1.82) is 0 Å². The van der Waals surface area contributed by atoms with Crippen LogP contribution in [-0.4, -0.2) is 46.1 Å². The average Bonchev–Trinajstić information content (AvgIpc) is 2.94. The van der Waals surface area contributed by atoms with Gasteiger partial charge in [-0.1, -0.05) is 36.4 Å². The number of β-amino-alcohol motifs (C(OH)–C–C–N with tert-alkyl or cyclic N) is 1. The lowest BCUT2D eigenvalue weighted by atomic mass is 10.1. The quantitative estimate of drug-likeness (QED) is 0.877. The van der Waals surface area contributed by atoms with Gasteiger partial charge in [0.1, 0.15) is 5.69 Å². The summed E-state index contributed by atoms with van der Waals surface area (Å²) in [6.07, 6.45) is 1.95. The van der Waals surface area contributed by atoms with Gasteiger partial charge in [-0.2, -0.15) is 0 Å². The van der Waals surface area contributed by atoms with Crippen molar-refractivity contribution in [2.75, 3.05) is 13.1 Å². The Labute approximate surface area is 136 Å². The van der Waals surface area contributed by atoms with Crippen LogP contribution in [0.1, 0.15) is 22.5 Å². The van der Waals surface area contributed by atoms with Gasteiger partial charge in [-0.25, -0.2) is 0 Å². The fraction of sp³-hybridized carbons (Fsp3) is 0.333. The van der Waals surface area contributed by atoms with E-state index < -0.39 is 0 Å². The van der Waals surface area contributed by atoms with Gasteiger partial charge in [-0.05, 0) is 24.1 Å². The van der Waals surface area contributed by atoms with Gasteiger partial charge in [0.2, 0.25) is 0 Å². The number of nitrogens with zero attached hydrogens (tertiary/aromatic N) is 2. The SMILES string of the molecule is O=C(NCC1CC(O)CN1Cc1ccccc1)c1ccccn1. The molecule has 2 N–H and O–H groups in total. The Hall–Kier alpha value is -2.24. The van der Waals surface area contributed by atoms with Crippen LogP contribution in [0.5, 0.6) is 0 Å². The topological polar surface area (TPSA) is 65.5 Å². The van der Waals surface area contributed by atoms with E-state index in [-0.39, 0.29) is 18.1 Å². The molecule has 2 atom stereocenters. The second kappa shape index (κ2) is 7.35. The van der Waals surface area contributed by atoms with Gasteiger partial charge in [0.15, 0.2) is 0 Å². The molecule has 2 heterocycles. The normalized spacial score (nSPS) is 21.3. The van der Waals surface area contributed by atoms with Gasteiger partial charge in [-0.15, -0.1) is 0 Å². The van der Waals surface area contributed by atoms with Crippen molar-refractivity contribution in [3.05, 3.63) is 66.0 Å². The Morgan fingerprint density at radius 2 is 2.00 bits per heavy atom. The molecule has 0 bridgehead atoms. The van der Waals surface area contributed by atoms with Crippen molar-refractivity contribution in [2.45, 2.75) is 25.1 Å². The van der Waals surface area contributed by atoms with Crippen molar-refractivity contribution in [1.82, 2.24) is 15.2 Å². The molecule has 5 nitrogen and oxygen atoms in total. The summed E-state index contributed by atoms with van der Waals surface area (Å²) in [5.74, 6) is -0.174. The lowest BCUT2D eigenvalue weighted by Crippen LogP contribution is -2.40. The number of amides is 1. The number of hydrogen-bond acceptors (Lipinski definition) is 4. The van der Waals surface area contributed by atoms with Gasteiger partial charge in [-0.3, -0.25) is 14.7 Å². The van der Waals surface area contributed by atoms with Crippen LogP contribution in [0.4, 0.5) is 0 Å². The highest BCUT2D eigenvalue weighted by Gasteiger charge is 2.31. The fourth-order valence-corrected chi connectivity index (χ4v) is 2.98. The highest BCUT2D eigenvalue weighted by Crippen LogP contribution is 2.20. The van der Waals surface area contributed by atoms with Crippen LogP contribution >= 0.6 is 0 Å². The Morgan fingerprint density at radius 3 is 2.74 bits per heavy atom. The Kier molecular flexibility index (Phi) is 5.00. The van der Waals surface area contributed by atoms with Crippen LogP contribution in [0.15, 0.2) is 54.7 Å². The molecule has 2 unspecified atom stereocenters. The third-order valence-corrected chi connectivity index (χ3v) is 4.13. The standard InChI is InChI=1S/C18H21N3O2/c22-16-10-15(11-20-18(23)17-8-4-5-9-19-17)21(13-16)12-14-6-2-1-3-7-14/h1-9,15-16,22H,10-13H2,(H,20,23). The van der Waals surface area contributed by atoms with Gasteiger partial charge in [0.05, 0.1) is 6.10 Å². The number of pyridine rings is 1. The summed E-state index contributed by atoms with van der Waals surface area (Å²) in [6, 6.07) is 15.6. The second-order valence-electron chi connectivity index (χ2n) is 5.88. The second-order valence-corrected chi connectivity index (χ2v) is 5.88. The van der Waals surface area contributed by atoms with Crippen molar-refractivity contribution in [3.8, 4) is 0 Å². The molecule has 1 aromatic heterocycles. The van der Waals surface area contributed by atoms with Crippen molar-refractivity contribution < 1.29 is 9.90 Å². The summed E-state index contributed by atoms with van der Waals surface area (Å²) < 4.78 is 0. The van der Waals surface area contributed by atoms with E-state index in [0.717, 1.165) is 6.54 Å². The molecule has 23 heavy (non-hydrogen) atoms. The molecule has 1 aliphatic heterocycles. The summed E-state index contributed by atoms with van der Waals surface area (Å²) in [5, 5.41) is 12.9. The summed E-state index contributed by atoms with van der Waals surface area (Å²) in [6.45, 7) is 1.93. The zero-order valence-corrected chi connectivity index (χ0v) is 12.9. The first-order chi connectivity index (χ1) is 11.2. The first kappa shape index (κ1) is 15.6. The maximum Gasteiger partial charge on any atom is 0.269 e. The molecule has 5 heteroatoms. The van der Waals surface area contributed by atoms with Crippen LogP contribution in [0, 0.1) is 0 Å². The Bertz CT molecular complexity index is 633. The molecule has 3 rings (SSSR count). The number of likely N-dealkylation sites (tertiary alicyclic amines) is 1. The van der Waals surface area contributed by atoms with Crippen molar-refractivity contribution in [2.24, 2.45) is 0 Å². The molecule has 0 saturated carbocycles. The van der Waals surface area contributed by atoms with E-state index in [4.69, 9.17) is 0 Å². The van der Waals surface area contributed by atoms with E-state index in [1.165, 1.54) is 5.56 Å². The third kappa shape index (κ3) is 4.15. The van der Waals surface area contributed by atoms with Crippen molar-refractivity contribution >= 4 is 5.91 Å². The summed E-state index contributed by atoms with van der Waals surface area (Å²) in [5.41, 5.74) is 1.63. The minimum absolute atomic E-state index is 0.137. The van der Waals surface area contributed by atoms with Crippen molar-refractivity contribution in [3.63, 3.8) is 0 Å². The molecule has 1 aromatic carbocycles. The molecule has 1 saturated heterocycles. The average molecular weight is 311 g/mol. The predicted molar refractivity (Wildman–Crippen MR) is 87.8 cm³/mol. The smallest absolute Gasteiger partial charge is 0.269 e. The minimum Gasteiger partial charge on any atom is -0.392 e. The summed E-state index contributed by atoms with van der Waals surface area (Å²) >= 11 is 0. The van der Waals surface area contributed by atoms with Crippen LogP contribution in [0.2, 0.25) is 0 Å². The highest BCUT2D eigenvalue weighted by atomic mass is 16.3. The number of aromatic nitrogens is 1. The maximum absolute atomic E-state index is 12.1. The number of rotatable bonds is 5. The van der Waals surface area contributed by atoms with E-state index in [1.807, 2.05) is 18.2 Å². The molecule has 0 spiro atoms. The summed E-state index contributed by atoms with van der Waals surface area (Å²) in [4.78, 5) is 18.4. The molecular weight excluding hydrogens is 290 g/mol. The molecule has 0 radical (unpaired) electrons. The lowest BCUT2D eigenvalue weighted by Gasteiger charge is -2.24. The van der Waals surface area contributed by atoms with E-state index >= 15 is 0 Å². The zero-order valence-electron chi connectivity index (χ0n) is 12.9. The van der Waals surface area contributed by atoms with E-state index in [1.54, 1.807) is 24.4 Å². The Morgan fingerprint density at radius 1 is 1.22 bits per heavy atom. The molecule has 1 aliphatic rings. The lowest BCUT2D eigenvalue weighted by molar-refractivity contribution is 0.0935. The number of hydrogen-bond donors (Lipinski definition) is 2. The zero-order chi connectivity index (χ0) is 16.1. The summed E-state index contributed by atoms with van der Waals surface area (Å²) in [7, 11) is 0. The van der Waals surface area contributed by atoms with E-state index in [9.17, 15) is 9.90 Å². The number of aliphatic hydroxyl groups is 1. The first-order valence-electron chi connectivity index (χ1n) is 7.87. The van der Waals surface area contributed by atoms with Gasteiger partial charge in [0.25, 0.3) is 5.91 Å². The maximum atomic E-state index is 12.1. The van der Waals surface area contributed by atoms with Gasteiger partial charge in [0, 0.05) is 31.9 Å². The van der Waals surface area contributed by atoms with Gasteiger partial charge >= 0.3 is 0 Å². The van der Waals surface area contributed by atoms with Crippen LogP contribution < -0.4 is 5.32 Å². The molecule has 120 valence electrons. The molecule has 1 amide bonds. The minimum atomic E-state index is -0.338. The monoisotopic (exact) mass is 311 g/mol. The third-order valence-electron chi connectivity index (χ3n) is 4.13. The van der Waals surface area contributed by atoms with Crippen LogP contribution in [0.3, 0.4) is 0 Å². The number of carbonyl (C=O) groups excluding carboxylic acids is 1. The van der Waals surface area contributed by atoms with E-state index in [0.29, 0.717) is 25.2 Å². The van der Waals surface area contributed by atoms with E-state index in [2.05, 4.69) is 27.3 Å². The Balaban J connectivity index is 1.58. The molecule has 1 fully saturated rings. The number of nitrogens with one attached hydrogen (secondary N) is 1. The fourth-order valence-electron chi connectivity index (χ4n) is 2.98. The molecule has 0 aliphatic carbocycles.